The van der Waals surface area contributed by atoms with Crippen molar-refractivity contribution in [2.24, 2.45) is 4.99 Å². The number of aliphatic imine (C=N–C) groups is 1. The highest BCUT2D eigenvalue weighted by molar-refractivity contribution is 5.80. The molecule has 1 atom stereocenters. The molecule has 3 rings (SSSR count). The van der Waals surface area contributed by atoms with Crippen molar-refractivity contribution in [2.45, 2.75) is 38.9 Å². The van der Waals surface area contributed by atoms with Crippen LogP contribution in [0.2, 0.25) is 0 Å². The highest BCUT2D eigenvalue weighted by Crippen LogP contribution is 2.14. The average molecular weight is 395 g/mol. The lowest BCUT2D eigenvalue weighted by atomic mass is 10.0. The number of nitrogens with zero attached hydrogens (tertiary/aromatic N) is 4. The maximum absolute atomic E-state index is 4.78. The summed E-state index contributed by atoms with van der Waals surface area (Å²) in [6, 6.07) is 17.2. The van der Waals surface area contributed by atoms with Gasteiger partial charge in [0.15, 0.2) is 5.96 Å². The molecular weight excluding hydrogens is 360 g/mol. The molecule has 0 radical (unpaired) electrons. The molecule has 0 saturated carbocycles. The number of likely N-dealkylation sites (tertiary alicyclic amines) is 1. The number of hydrogen-bond donors (Lipinski definition) is 2. The average Bonchev–Trinajstić information content (AvgIpc) is 2.73. The van der Waals surface area contributed by atoms with E-state index in [0.717, 1.165) is 43.7 Å². The maximum atomic E-state index is 4.78. The Morgan fingerprint density at radius 3 is 2.76 bits per heavy atom. The number of pyridine rings is 1. The molecule has 6 nitrogen and oxygen atoms in total. The largest absolute Gasteiger partial charge is 0.363 e. The number of nitrogens with one attached hydrogen (secondary N) is 2. The van der Waals surface area contributed by atoms with Gasteiger partial charge < -0.3 is 15.5 Å². The molecule has 1 aliphatic heterocycles. The topological polar surface area (TPSA) is 55.8 Å². The molecule has 6 heteroatoms. The zero-order valence-corrected chi connectivity index (χ0v) is 17.9. The van der Waals surface area contributed by atoms with E-state index >= 15 is 0 Å². The Bertz CT molecular complexity index is 774. The summed E-state index contributed by atoms with van der Waals surface area (Å²) >= 11 is 0. The van der Waals surface area contributed by atoms with Crippen LogP contribution < -0.4 is 15.5 Å². The van der Waals surface area contributed by atoms with Gasteiger partial charge in [0.2, 0.25) is 0 Å². The molecule has 1 saturated heterocycles. The quantitative estimate of drug-likeness (QED) is 0.559. The number of aromatic nitrogens is 1. The summed E-state index contributed by atoms with van der Waals surface area (Å²) in [6.45, 7) is 6.71. The van der Waals surface area contributed by atoms with Gasteiger partial charge >= 0.3 is 0 Å². The summed E-state index contributed by atoms with van der Waals surface area (Å²) in [4.78, 5) is 14.0. The van der Waals surface area contributed by atoms with Gasteiger partial charge in [0.1, 0.15) is 5.82 Å². The van der Waals surface area contributed by atoms with E-state index in [1.165, 1.54) is 18.4 Å². The number of guanidine groups is 1. The van der Waals surface area contributed by atoms with Gasteiger partial charge in [-0.2, -0.15) is 0 Å². The molecule has 0 amide bonds. The van der Waals surface area contributed by atoms with Gasteiger partial charge in [-0.3, -0.25) is 4.90 Å². The molecule has 1 fully saturated rings. The summed E-state index contributed by atoms with van der Waals surface area (Å²) in [6.07, 6.45) is 2.38. The fourth-order valence-corrected chi connectivity index (χ4v) is 3.64. The van der Waals surface area contributed by atoms with Crippen LogP contribution in [0.3, 0.4) is 0 Å². The molecule has 1 aromatic carbocycles. The van der Waals surface area contributed by atoms with Gasteiger partial charge in [-0.05, 0) is 44.0 Å². The first kappa shape index (κ1) is 21.1. The van der Waals surface area contributed by atoms with Gasteiger partial charge in [-0.25, -0.2) is 9.98 Å². The zero-order valence-electron chi connectivity index (χ0n) is 17.9. The second-order valence-electron chi connectivity index (χ2n) is 7.78. The third-order valence-electron chi connectivity index (χ3n) is 5.09. The SMILES string of the molecule is CCNC(=NCc1cccc(N(C)C)n1)NC1CCCN(Cc2ccccc2)C1. The zero-order chi connectivity index (χ0) is 20.5. The van der Waals surface area contributed by atoms with Crippen molar-refractivity contribution < 1.29 is 0 Å². The Kier molecular flexibility index (Phi) is 7.87. The summed E-state index contributed by atoms with van der Waals surface area (Å²) < 4.78 is 0. The van der Waals surface area contributed by atoms with Gasteiger partial charge in [-0.15, -0.1) is 0 Å². The predicted molar refractivity (Wildman–Crippen MR) is 121 cm³/mol. The van der Waals surface area contributed by atoms with Crippen molar-refractivity contribution >= 4 is 11.8 Å². The van der Waals surface area contributed by atoms with Crippen LogP contribution in [0.1, 0.15) is 31.0 Å². The molecule has 2 N–H and O–H groups in total. The molecule has 0 spiro atoms. The molecule has 156 valence electrons. The number of rotatable bonds is 7. The first-order chi connectivity index (χ1) is 14.1. The van der Waals surface area contributed by atoms with Gasteiger partial charge in [-0.1, -0.05) is 36.4 Å². The van der Waals surface area contributed by atoms with Crippen LogP contribution in [-0.4, -0.2) is 55.6 Å². The van der Waals surface area contributed by atoms with Crippen LogP contribution in [0.15, 0.2) is 53.5 Å². The van der Waals surface area contributed by atoms with E-state index in [9.17, 15) is 0 Å². The minimum atomic E-state index is 0.409. The lowest BCUT2D eigenvalue weighted by Crippen LogP contribution is -2.51. The lowest BCUT2D eigenvalue weighted by Gasteiger charge is -2.34. The van der Waals surface area contributed by atoms with E-state index in [1.54, 1.807) is 0 Å². The predicted octanol–water partition coefficient (Wildman–Crippen LogP) is 2.87. The first-order valence-corrected chi connectivity index (χ1v) is 10.6. The fourth-order valence-electron chi connectivity index (χ4n) is 3.64. The molecule has 2 aromatic rings. The normalized spacial score (nSPS) is 17.8. The van der Waals surface area contributed by atoms with E-state index in [1.807, 2.05) is 37.2 Å². The van der Waals surface area contributed by atoms with Gasteiger partial charge in [0.25, 0.3) is 0 Å². The summed E-state index contributed by atoms with van der Waals surface area (Å²) in [5, 5.41) is 7.02. The lowest BCUT2D eigenvalue weighted by molar-refractivity contribution is 0.192. The first-order valence-electron chi connectivity index (χ1n) is 10.6. The molecule has 1 aromatic heterocycles. The van der Waals surface area contributed by atoms with E-state index in [-0.39, 0.29) is 0 Å². The standard InChI is InChI=1S/C23H34N6/c1-4-24-23(25-16-20-12-8-14-22(26-20)28(2)3)27-21-13-9-15-29(18-21)17-19-10-6-5-7-11-19/h5-8,10-12,14,21H,4,9,13,15-18H2,1-3H3,(H2,24,25,27). The van der Waals surface area contributed by atoms with Crippen LogP contribution in [0.4, 0.5) is 5.82 Å². The Morgan fingerprint density at radius 1 is 1.17 bits per heavy atom. The van der Waals surface area contributed by atoms with Crippen molar-refractivity contribution in [2.75, 3.05) is 38.6 Å². The highest BCUT2D eigenvalue weighted by atomic mass is 15.2. The van der Waals surface area contributed by atoms with E-state index in [0.29, 0.717) is 12.6 Å². The molecule has 1 unspecified atom stereocenters. The van der Waals surface area contributed by atoms with Crippen molar-refractivity contribution in [3.8, 4) is 0 Å². The van der Waals surface area contributed by atoms with Crippen LogP contribution in [0, 0.1) is 0 Å². The minimum absolute atomic E-state index is 0.409. The highest BCUT2D eigenvalue weighted by Gasteiger charge is 2.20. The van der Waals surface area contributed by atoms with Crippen molar-refractivity contribution in [1.29, 1.82) is 0 Å². The molecule has 2 heterocycles. The van der Waals surface area contributed by atoms with E-state index in [2.05, 4.69) is 57.8 Å². The number of anilines is 1. The van der Waals surface area contributed by atoms with Crippen molar-refractivity contribution in [3.63, 3.8) is 0 Å². The molecule has 29 heavy (non-hydrogen) atoms. The number of hydrogen-bond acceptors (Lipinski definition) is 4. The second kappa shape index (κ2) is 10.8. The molecule has 1 aliphatic rings. The third-order valence-corrected chi connectivity index (χ3v) is 5.09. The van der Waals surface area contributed by atoms with Gasteiger partial charge in [0.05, 0.1) is 12.2 Å². The van der Waals surface area contributed by atoms with Crippen molar-refractivity contribution in [3.05, 3.63) is 59.8 Å². The van der Waals surface area contributed by atoms with Crippen LogP contribution in [0.5, 0.6) is 0 Å². The Labute approximate surface area is 175 Å². The van der Waals surface area contributed by atoms with Crippen LogP contribution in [0.25, 0.3) is 0 Å². The molecule has 0 bridgehead atoms. The second-order valence-corrected chi connectivity index (χ2v) is 7.78. The molecule has 0 aliphatic carbocycles. The summed E-state index contributed by atoms with van der Waals surface area (Å²) in [7, 11) is 4.01. The van der Waals surface area contributed by atoms with Crippen LogP contribution >= 0.6 is 0 Å². The van der Waals surface area contributed by atoms with E-state index < -0.39 is 0 Å². The molecular formula is C23H34N6. The van der Waals surface area contributed by atoms with Gasteiger partial charge in [0, 0.05) is 39.8 Å². The Hall–Kier alpha value is -2.60. The summed E-state index contributed by atoms with van der Waals surface area (Å²) in [5.41, 5.74) is 2.35. The summed E-state index contributed by atoms with van der Waals surface area (Å²) in [5.74, 6) is 1.83. The van der Waals surface area contributed by atoms with E-state index in [4.69, 9.17) is 4.99 Å². The Morgan fingerprint density at radius 2 is 2.00 bits per heavy atom. The Balaban J connectivity index is 1.59. The monoisotopic (exact) mass is 394 g/mol. The minimum Gasteiger partial charge on any atom is -0.363 e. The fraction of sp³-hybridized carbons (Fsp3) is 0.478. The smallest absolute Gasteiger partial charge is 0.191 e. The van der Waals surface area contributed by atoms with Crippen molar-refractivity contribution in [1.82, 2.24) is 20.5 Å². The number of benzene rings is 1. The number of piperidine rings is 1. The maximum Gasteiger partial charge on any atom is 0.191 e. The third kappa shape index (κ3) is 6.75. The van der Waals surface area contributed by atoms with Crippen LogP contribution in [-0.2, 0) is 13.1 Å².